The van der Waals surface area contributed by atoms with Gasteiger partial charge in [0.2, 0.25) is 0 Å². The summed E-state index contributed by atoms with van der Waals surface area (Å²) in [7, 11) is 0. The van der Waals surface area contributed by atoms with E-state index in [9.17, 15) is 0 Å². The molecule has 2 rings (SSSR count). The summed E-state index contributed by atoms with van der Waals surface area (Å²) < 4.78 is 6.78. The van der Waals surface area contributed by atoms with Crippen LogP contribution in [0.15, 0.2) is 27.3 Å². The van der Waals surface area contributed by atoms with E-state index >= 15 is 0 Å². The van der Waals surface area contributed by atoms with Crippen LogP contribution in [0.2, 0.25) is 0 Å². The first-order valence-electron chi connectivity index (χ1n) is 6.72. The third kappa shape index (κ3) is 3.30. The smallest absolute Gasteiger partial charge is 0.108 e. The van der Waals surface area contributed by atoms with Crippen molar-refractivity contribution < 1.29 is 4.42 Å². The van der Waals surface area contributed by atoms with Gasteiger partial charge in [-0.2, -0.15) is 0 Å². The zero-order chi connectivity index (χ0) is 13.8. The van der Waals surface area contributed by atoms with Crippen LogP contribution in [0.4, 0.5) is 0 Å². The van der Waals surface area contributed by atoms with Crippen LogP contribution >= 0.6 is 27.3 Å². The zero-order valence-electron chi connectivity index (χ0n) is 11.6. The molecule has 0 aliphatic heterocycles. The van der Waals surface area contributed by atoms with Crippen LogP contribution in [0.1, 0.15) is 47.4 Å². The molecule has 4 heteroatoms. The second-order valence-electron chi connectivity index (χ2n) is 4.59. The van der Waals surface area contributed by atoms with Crippen molar-refractivity contribution in [2.75, 3.05) is 6.54 Å². The van der Waals surface area contributed by atoms with Gasteiger partial charge in [0, 0.05) is 26.2 Å². The molecule has 0 fully saturated rings. The number of furan rings is 1. The molecule has 0 saturated heterocycles. The molecule has 2 aromatic rings. The first kappa shape index (κ1) is 14.8. The average Bonchev–Trinajstić information content (AvgIpc) is 2.98. The Hall–Kier alpha value is -0.580. The summed E-state index contributed by atoms with van der Waals surface area (Å²) in [5, 5.41) is 3.63. The van der Waals surface area contributed by atoms with E-state index in [1.165, 1.54) is 19.8 Å². The second kappa shape index (κ2) is 6.73. The Morgan fingerprint density at radius 1 is 1.42 bits per heavy atom. The van der Waals surface area contributed by atoms with E-state index in [4.69, 9.17) is 4.42 Å². The summed E-state index contributed by atoms with van der Waals surface area (Å²) in [4.78, 5) is 2.66. The van der Waals surface area contributed by atoms with Crippen LogP contribution in [0.25, 0.3) is 0 Å². The fourth-order valence-corrected chi connectivity index (χ4v) is 3.83. The Bertz CT molecular complexity index is 512. The maximum Gasteiger partial charge on any atom is 0.108 e. The maximum atomic E-state index is 5.59. The Morgan fingerprint density at radius 3 is 2.79 bits per heavy atom. The van der Waals surface area contributed by atoms with Crippen LogP contribution < -0.4 is 5.32 Å². The van der Waals surface area contributed by atoms with Crippen LogP contribution in [-0.2, 0) is 6.42 Å². The van der Waals surface area contributed by atoms with Crippen LogP contribution in [-0.4, -0.2) is 6.54 Å². The first-order chi connectivity index (χ1) is 9.17. The highest BCUT2D eigenvalue weighted by atomic mass is 79.9. The molecule has 104 valence electrons. The number of nitrogens with one attached hydrogen (secondary N) is 1. The lowest BCUT2D eigenvalue weighted by Gasteiger charge is -2.17. The van der Waals surface area contributed by atoms with Gasteiger partial charge in [-0.1, -0.05) is 13.8 Å². The summed E-state index contributed by atoms with van der Waals surface area (Å²) in [6.45, 7) is 7.48. The van der Waals surface area contributed by atoms with Crippen molar-refractivity contribution in [2.45, 2.75) is 39.7 Å². The van der Waals surface area contributed by atoms with Crippen molar-refractivity contribution in [3.8, 4) is 0 Å². The van der Waals surface area contributed by atoms with E-state index in [2.05, 4.69) is 54.2 Å². The van der Waals surface area contributed by atoms with Gasteiger partial charge in [0.25, 0.3) is 0 Å². The minimum Gasteiger partial charge on any atom is -0.469 e. The topological polar surface area (TPSA) is 25.2 Å². The average molecular weight is 342 g/mol. The van der Waals surface area contributed by atoms with Gasteiger partial charge >= 0.3 is 0 Å². The number of rotatable bonds is 6. The molecular weight excluding hydrogens is 322 g/mol. The highest BCUT2D eigenvalue weighted by molar-refractivity contribution is 9.10. The molecule has 1 unspecified atom stereocenters. The molecule has 2 nitrogen and oxygen atoms in total. The van der Waals surface area contributed by atoms with Gasteiger partial charge in [-0.25, -0.2) is 0 Å². The third-order valence-corrected chi connectivity index (χ3v) is 5.37. The van der Waals surface area contributed by atoms with Crippen molar-refractivity contribution in [3.63, 3.8) is 0 Å². The number of aryl methyl sites for hydroxylation is 2. The number of thiophene rings is 1. The summed E-state index contributed by atoms with van der Waals surface area (Å²) >= 11 is 5.45. The summed E-state index contributed by atoms with van der Waals surface area (Å²) in [5.41, 5.74) is 1.27. The Morgan fingerprint density at radius 2 is 2.21 bits per heavy atom. The highest BCUT2D eigenvalue weighted by Gasteiger charge is 2.21. The van der Waals surface area contributed by atoms with Crippen molar-refractivity contribution in [1.29, 1.82) is 0 Å². The minimum atomic E-state index is 0.239. The predicted octanol–water partition coefficient (Wildman–Crippen LogP) is 5.06. The van der Waals surface area contributed by atoms with Crippen molar-refractivity contribution in [2.24, 2.45) is 0 Å². The molecule has 19 heavy (non-hydrogen) atoms. The van der Waals surface area contributed by atoms with Crippen molar-refractivity contribution in [3.05, 3.63) is 43.9 Å². The molecule has 0 amide bonds. The maximum absolute atomic E-state index is 5.59. The van der Waals surface area contributed by atoms with E-state index in [0.717, 1.165) is 25.1 Å². The first-order valence-corrected chi connectivity index (χ1v) is 8.33. The van der Waals surface area contributed by atoms with E-state index < -0.39 is 0 Å². The standard InChI is InChI=1S/C15H20BrNOS/c1-4-7-17-15(11-6-8-18-13(11)5-2)14-9-12(16)10(3)19-14/h6,8-9,15,17H,4-5,7H2,1-3H3. The molecule has 0 aliphatic rings. The second-order valence-corrected chi connectivity index (χ2v) is 6.73. The van der Waals surface area contributed by atoms with Gasteiger partial charge in [0.05, 0.1) is 12.3 Å². The van der Waals surface area contributed by atoms with Gasteiger partial charge in [-0.15, -0.1) is 11.3 Å². The molecule has 2 aromatic heterocycles. The normalized spacial score (nSPS) is 12.8. The lowest BCUT2D eigenvalue weighted by molar-refractivity contribution is 0.501. The number of halogens is 1. The third-order valence-electron chi connectivity index (χ3n) is 3.17. The van der Waals surface area contributed by atoms with E-state index in [1.54, 1.807) is 6.26 Å². The summed E-state index contributed by atoms with van der Waals surface area (Å²) in [6, 6.07) is 4.55. The Balaban J connectivity index is 2.35. The molecule has 1 atom stereocenters. The van der Waals surface area contributed by atoms with Crippen molar-refractivity contribution in [1.82, 2.24) is 5.32 Å². The van der Waals surface area contributed by atoms with Gasteiger partial charge in [0.1, 0.15) is 5.76 Å². The zero-order valence-corrected chi connectivity index (χ0v) is 14.0. The molecule has 0 spiro atoms. The number of hydrogen-bond donors (Lipinski definition) is 1. The fraction of sp³-hybridized carbons (Fsp3) is 0.467. The van der Waals surface area contributed by atoms with E-state index in [0.29, 0.717) is 0 Å². The molecular formula is C15H20BrNOS. The molecule has 0 saturated carbocycles. The molecule has 0 radical (unpaired) electrons. The lowest BCUT2D eigenvalue weighted by Crippen LogP contribution is -2.22. The molecule has 0 aliphatic carbocycles. The van der Waals surface area contributed by atoms with Crippen LogP contribution in [0, 0.1) is 6.92 Å². The lowest BCUT2D eigenvalue weighted by atomic mass is 10.0. The van der Waals surface area contributed by atoms with Crippen molar-refractivity contribution >= 4 is 27.3 Å². The van der Waals surface area contributed by atoms with E-state index in [1.807, 2.05) is 11.3 Å². The molecule has 2 heterocycles. The largest absolute Gasteiger partial charge is 0.469 e. The summed E-state index contributed by atoms with van der Waals surface area (Å²) in [5.74, 6) is 1.08. The van der Waals surface area contributed by atoms with E-state index in [-0.39, 0.29) is 6.04 Å². The molecule has 1 N–H and O–H groups in total. The minimum absolute atomic E-state index is 0.239. The monoisotopic (exact) mass is 341 g/mol. The molecule has 0 aromatic carbocycles. The van der Waals surface area contributed by atoms with Gasteiger partial charge < -0.3 is 9.73 Å². The highest BCUT2D eigenvalue weighted by Crippen LogP contribution is 2.35. The SMILES string of the molecule is CCCNC(c1cc(Br)c(C)s1)c1ccoc1CC. The quantitative estimate of drug-likeness (QED) is 0.793. The predicted molar refractivity (Wildman–Crippen MR) is 85.0 cm³/mol. The van der Waals surface area contributed by atoms with Gasteiger partial charge in [-0.05, 0) is 48.0 Å². The summed E-state index contributed by atoms with van der Waals surface area (Å²) in [6.07, 6.45) is 3.85. The van der Waals surface area contributed by atoms with Crippen LogP contribution in [0.5, 0.6) is 0 Å². The fourth-order valence-electron chi connectivity index (χ4n) is 2.17. The van der Waals surface area contributed by atoms with Gasteiger partial charge in [-0.3, -0.25) is 0 Å². The Kier molecular flexibility index (Phi) is 5.25. The Labute approximate surface area is 127 Å². The number of hydrogen-bond acceptors (Lipinski definition) is 3. The molecule has 0 bridgehead atoms. The van der Waals surface area contributed by atoms with Gasteiger partial charge in [0.15, 0.2) is 0 Å². The van der Waals surface area contributed by atoms with Crippen LogP contribution in [0.3, 0.4) is 0 Å².